The summed E-state index contributed by atoms with van der Waals surface area (Å²) in [5.41, 5.74) is 1.17. The maximum Gasteiger partial charge on any atom is 0.253 e. The van der Waals surface area contributed by atoms with Crippen molar-refractivity contribution in [3.8, 4) is 0 Å². The van der Waals surface area contributed by atoms with Crippen molar-refractivity contribution >= 4 is 35.2 Å². The van der Waals surface area contributed by atoms with Crippen molar-refractivity contribution in [3.05, 3.63) is 23.8 Å². The second-order valence-electron chi connectivity index (χ2n) is 7.41. The maximum absolute atomic E-state index is 12.6. The lowest BCUT2D eigenvalue weighted by atomic mass is 10.1. The molecular weight excluding hydrogens is 362 g/mol. The van der Waals surface area contributed by atoms with Crippen LogP contribution in [0.5, 0.6) is 0 Å². The number of benzene rings is 1. The van der Waals surface area contributed by atoms with Gasteiger partial charge in [-0.2, -0.15) is 0 Å². The zero-order chi connectivity index (χ0) is 19.4. The van der Waals surface area contributed by atoms with Gasteiger partial charge in [0.25, 0.3) is 5.91 Å². The number of nitrogens with one attached hydrogen (secondary N) is 1. The predicted octanol–water partition coefficient (Wildman–Crippen LogP) is 2.67. The molecule has 27 heavy (non-hydrogen) atoms. The summed E-state index contributed by atoms with van der Waals surface area (Å²) in [5, 5.41) is 3.10. The number of anilines is 1. The van der Waals surface area contributed by atoms with Crippen LogP contribution in [0.25, 0.3) is 0 Å². The quantitative estimate of drug-likeness (QED) is 0.804. The van der Waals surface area contributed by atoms with E-state index < -0.39 is 0 Å². The third-order valence-electron chi connectivity index (χ3n) is 5.08. The van der Waals surface area contributed by atoms with Crippen LogP contribution in [-0.4, -0.2) is 55.1 Å². The molecule has 0 aromatic heterocycles. The molecule has 3 rings (SSSR count). The smallest absolute Gasteiger partial charge is 0.253 e. The zero-order valence-corrected chi connectivity index (χ0v) is 16.8. The maximum atomic E-state index is 12.6. The summed E-state index contributed by atoms with van der Waals surface area (Å²) >= 11 is 1.45. The number of rotatable bonds is 4. The van der Waals surface area contributed by atoms with Crippen molar-refractivity contribution in [3.63, 3.8) is 0 Å². The van der Waals surface area contributed by atoms with Gasteiger partial charge in [0.15, 0.2) is 0 Å². The van der Waals surface area contributed by atoms with Crippen molar-refractivity contribution in [2.45, 2.75) is 49.5 Å². The average molecular weight is 390 g/mol. The standard InChI is InChI=1S/C20H27N3O3S/c1-22(2)20(26)14-9-10-17-16(11-14)23(19(25)13-27-17)12-18(24)21-15-7-5-3-4-6-8-15/h9-11,15H,3-8,12-13H2,1-2H3,(H,21,24). The fourth-order valence-electron chi connectivity index (χ4n) is 3.61. The van der Waals surface area contributed by atoms with Gasteiger partial charge >= 0.3 is 0 Å². The van der Waals surface area contributed by atoms with Crippen LogP contribution in [-0.2, 0) is 9.59 Å². The zero-order valence-electron chi connectivity index (χ0n) is 16.0. The number of carbonyl (C=O) groups is 3. The van der Waals surface area contributed by atoms with Crippen LogP contribution in [0.1, 0.15) is 48.9 Å². The van der Waals surface area contributed by atoms with Gasteiger partial charge in [-0.15, -0.1) is 11.8 Å². The van der Waals surface area contributed by atoms with Crippen molar-refractivity contribution < 1.29 is 14.4 Å². The molecule has 0 spiro atoms. The summed E-state index contributed by atoms with van der Waals surface area (Å²) < 4.78 is 0. The molecule has 1 heterocycles. The molecule has 1 saturated carbocycles. The van der Waals surface area contributed by atoms with Crippen LogP contribution in [0, 0.1) is 0 Å². The van der Waals surface area contributed by atoms with E-state index in [1.165, 1.54) is 34.4 Å². The first-order valence-electron chi connectivity index (χ1n) is 9.54. The SMILES string of the molecule is CN(C)C(=O)c1ccc2c(c1)N(CC(=O)NC1CCCCCC1)C(=O)CS2. The molecule has 0 atom stereocenters. The molecule has 1 aliphatic carbocycles. The summed E-state index contributed by atoms with van der Waals surface area (Å²) in [4.78, 5) is 41.3. The van der Waals surface area contributed by atoms with Crippen molar-refractivity contribution in [2.75, 3.05) is 31.3 Å². The molecule has 1 N–H and O–H groups in total. The highest BCUT2D eigenvalue weighted by atomic mass is 32.2. The molecule has 7 heteroatoms. The van der Waals surface area contributed by atoms with Crippen LogP contribution < -0.4 is 10.2 Å². The van der Waals surface area contributed by atoms with E-state index in [0.29, 0.717) is 17.0 Å². The lowest BCUT2D eigenvalue weighted by molar-refractivity contribution is -0.123. The molecule has 0 radical (unpaired) electrons. The van der Waals surface area contributed by atoms with E-state index >= 15 is 0 Å². The minimum atomic E-state index is -0.127. The van der Waals surface area contributed by atoms with Gasteiger partial charge in [-0.05, 0) is 31.0 Å². The minimum absolute atomic E-state index is 0.00248. The van der Waals surface area contributed by atoms with Gasteiger partial charge < -0.3 is 15.1 Å². The van der Waals surface area contributed by atoms with E-state index in [2.05, 4.69) is 5.32 Å². The molecule has 146 valence electrons. The van der Waals surface area contributed by atoms with Crippen LogP contribution in [0.4, 0.5) is 5.69 Å². The molecule has 2 aliphatic rings. The molecule has 0 unspecified atom stereocenters. The van der Waals surface area contributed by atoms with Crippen LogP contribution in [0.2, 0.25) is 0 Å². The molecule has 0 saturated heterocycles. The fourth-order valence-corrected chi connectivity index (χ4v) is 4.52. The highest BCUT2D eigenvalue weighted by Gasteiger charge is 2.28. The van der Waals surface area contributed by atoms with Gasteiger partial charge in [-0.1, -0.05) is 25.7 Å². The Bertz CT molecular complexity index is 727. The highest BCUT2D eigenvalue weighted by molar-refractivity contribution is 8.00. The number of fused-ring (bicyclic) bond motifs is 1. The van der Waals surface area contributed by atoms with Gasteiger partial charge in [-0.25, -0.2) is 0 Å². The Morgan fingerprint density at radius 2 is 1.89 bits per heavy atom. The molecule has 3 amide bonds. The summed E-state index contributed by atoms with van der Waals surface area (Å²) in [6.45, 7) is 0.00248. The second-order valence-corrected chi connectivity index (χ2v) is 8.42. The predicted molar refractivity (Wildman–Crippen MR) is 107 cm³/mol. The van der Waals surface area contributed by atoms with E-state index in [0.717, 1.165) is 30.6 Å². The summed E-state index contributed by atoms with van der Waals surface area (Å²) in [5.74, 6) is -0.0379. The van der Waals surface area contributed by atoms with Crippen LogP contribution in [0.15, 0.2) is 23.1 Å². The Labute approximate surface area is 164 Å². The summed E-state index contributed by atoms with van der Waals surface area (Å²) in [7, 11) is 3.39. The van der Waals surface area contributed by atoms with E-state index in [4.69, 9.17) is 0 Å². The van der Waals surface area contributed by atoms with Gasteiger partial charge in [-0.3, -0.25) is 14.4 Å². The van der Waals surface area contributed by atoms with E-state index in [9.17, 15) is 14.4 Å². The third-order valence-corrected chi connectivity index (χ3v) is 6.12. The Morgan fingerprint density at radius 3 is 2.56 bits per heavy atom. The van der Waals surface area contributed by atoms with Crippen LogP contribution >= 0.6 is 11.8 Å². The highest BCUT2D eigenvalue weighted by Crippen LogP contribution is 2.36. The van der Waals surface area contributed by atoms with Gasteiger partial charge in [0.2, 0.25) is 11.8 Å². The monoisotopic (exact) mass is 389 g/mol. The summed E-state index contributed by atoms with van der Waals surface area (Å²) in [6, 6.07) is 5.56. The largest absolute Gasteiger partial charge is 0.352 e. The molecule has 6 nitrogen and oxygen atoms in total. The van der Waals surface area contributed by atoms with Gasteiger partial charge in [0, 0.05) is 30.6 Å². The minimum Gasteiger partial charge on any atom is -0.352 e. The number of thioether (sulfide) groups is 1. The Hall–Kier alpha value is -2.02. The topological polar surface area (TPSA) is 69.7 Å². The Balaban J connectivity index is 1.75. The third kappa shape index (κ3) is 4.83. The molecular formula is C20H27N3O3S. The Morgan fingerprint density at radius 1 is 1.19 bits per heavy atom. The van der Waals surface area contributed by atoms with Crippen molar-refractivity contribution in [2.24, 2.45) is 0 Å². The molecule has 1 aliphatic heterocycles. The molecule has 1 fully saturated rings. The number of nitrogens with zero attached hydrogens (tertiary/aromatic N) is 2. The second kappa shape index (κ2) is 8.78. The number of hydrogen-bond donors (Lipinski definition) is 1. The van der Waals surface area contributed by atoms with Crippen LogP contribution in [0.3, 0.4) is 0 Å². The first-order chi connectivity index (χ1) is 13.0. The fraction of sp³-hybridized carbons (Fsp3) is 0.550. The summed E-state index contributed by atoms with van der Waals surface area (Å²) in [6.07, 6.45) is 6.75. The molecule has 1 aromatic carbocycles. The lowest BCUT2D eigenvalue weighted by Crippen LogP contribution is -2.46. The number of hydrogen-bond acceptors (Lipinski definition) is 4. The van der Waals surface area contributed by atoms with Gasteiger partial charge in [0.05, 0.1) is 11.4 Å². The van der Waals surface area contributed by atoms with Crippen molar-refractivity contribution in [1.82, 2.24) is 10.2 Å². The normalized spacial score (nSPS) is 17.9. The van der Waals surface area contributed by atoms with Gasteiger partial charge in [0.1, 0.15) is 6.54 Å². The number of carbonyl (C=O) groups excluding carboxylic acids is 3. The molecule has 1 aromatic rings. The van der Waals surface area contributed by atoms with E-state index in [-0.39, 0.29) is 30.3 Å². The Kier molecular flexibility index (Phi) is 6.42. The van der Waals surface area contributed by atoms with E-state index in [1.54, 1.807) is 26.2 Å². The first kappa shape index (κ1) is 19.7. The first-order valence-corrected chi connectivity index (χ1v) is 10.5. The van der Waals surface area contributed by atoms with Crippen molar-refractivity contribution in [1.29, 1.82) is 0 Å². The average Bonchev–Trinajstić information content (AvgIpc) is 2.91. The number of amides is 3. The molecule has 0 bridgehead atoms. The van der Waals surface area contributed by atoms with E-state index in [1.807, 2.05) is 6.07 Å². The lowest BCUT2D eigenvalue weighted by Gasteiger charge is -2.29.